The van der Waals surface area contributed by atoms with Gasteiger partial charge in [0.25, 0.3) is 0 Å². The van der Waals surface area contributed by atoms with Crippen LogP contribution in [0.3, 0.4) is 0 Å². The molecule has 2 heterocycles. The van der Waals surface area contributed by atoms with E-state index in [1.54, 1.807) is 0 Å². The van der Waals surface area contributed by atoms with Crippen LogP contribution >= 0.6 is 11.3 Å². The van der Waals surface area contributed by atoms with Gasteiger partial charge in [0, 0.05) is 36.5 Å². The number of carboxylic acid groups (broad SMARTS) is 1. The molecule has 3 N–H and O–H groups in total. The molecule has 11 heteroatoms. The molecule has 0 radical (unpaired) electrons. The second-order valence-electron chi connectivity index (χ2n) is 10.3. The number of oxime groups is 1. The van der Waals surface area contributed by atoms with Gasteiger partial charge < -0.3 is 15.3 Å². The number of carbonyl (C=O) groups is 2. The van der Waals surface area contributed by atoms with E-state index in [0.717, 1.165) is 77.0 Å². The number of hydrogen-bond donors (Lipinski definition) is 3. The maximum atomic E-state index is 12.1. The summed E-state index contributed by atoms with van der Waals surface area (Å²) in [7, 11) is 1.53. The van der Waals surface area contributed by atoms with Gasteiger partial charge in [-0.2, -0.15) is 0 Å². The molecule has 0 atom stereocenters. The van der Waals surface area contributed by atoms with Crippen LogP contribution in [0.2, 0.25) is 0 Å². The monoisotopic (exact) mass is 566 g/mol. The highest BCUT2D eigenvalue weighted by Gasteiger charge is 2.40. The van der Waals surface area contributed by atoms with Crippen LogP contribution in [-0.2, 0) is 16.1 Å². The van der Waals surface area contributed by atoms with Crippen molar-refractivity contribution in [3.05, 3.63) is 35.9 Å². The Morgan fingerprint density at radius 1 is 1.15 bits per heavy atom. The Morgan fingerprint density at radius 3 is 2.48 bits per heavy atom. The topological polar surface area (TPSA) is 139 Å². The second-order valence-corrected chi connectivity index (χ2v) is 11.3. The standard InChI is InChI=1S/C29H38N6O4S/c1-5-22(35-39-4)21-14-19(15-23-25(21)40-28(33-23)34-27(38)30-7-3)20-16-31-24(32-17-20)9-8-18-10-12-29(6-2,13-11-18)26(36)37/h14-18H,5-13H2,1-4H3,(H,36,37)(H2,30,33,34,38)/b35-22-. The van der Waals surface area contributed by atoms with Crippen LogP contribution in [0.4, 0.5) is 9.93 Å². The van der Waals surface area contributed by atoms with Crippen LogP contribution in [0.5, 0.6) is 0 Å². The Hall–Kier alpha value is -3.60. The lowest BCUT2D eigenvalue weighted by molar-refractivity contribution is -0.152. The van der Waals surface area contributed by atoms with Crippen molar-refractivity contribution in [3.63, 3.8) is 0 Å². The van der Waals surface area contributed by atoms with Gasteiger partial charge in [0.1, 0.15) is 12.9 Å². The number of rotatable bonds is 11. The van der Waals surface area contributed by atoms with Crippen molar-refractivity contribution in [2.24, 2.45) is 16.5 Å². The molecule has 214 valence electrons. The van der Waals surface area contributed by atoms with E-state index in [4.69, 9.17) is 4.84 Å². The van der Waals surface area contributed by atoms with Gasteiger partial charge in [-0.15, -0.1) is 0 Å². The lowest BCUT2D eigenvalue weighted by Gasteiger charge is -2.36. The number of amides is 2. The Morgan fingerprint density at radius 2 is 1.88 bits per heavy atom. The van der Waals surface area contributed by atoms with E-state index >= 15 is 0 Å². The van der Waals surface area contributed by atoms with Crippen molar-refractivity contribution in [1.82, 2.24) is 20.3 Å². The minimum Gasteiger partial charge on any atom is -0.481 e. The lowest BCUT2D eigenvalue weighted by Crippen LogP contribution is -2.34. The van der Waals surface area contributed by atoms with Crippen LogP contribution < -0.4 is 10.6 Å². The van der Waals surface area contributed by atoms with Gasteiger partial charge in [-0.1, -0.05) is 30.3 Å². The van der Waals surface area contributed by atoms with Crippen molar-refractivity contribution in [2.45, 2.75) is 72.1 Å². The average molecular weight is 567 g/mol. The van der Waals surface area contributed by atoms with Crippen LogP contribution in [-0.4, -0.2) is 51.4 Å². The number of nitrogens with zero attached hydrogens (tertiary/aromatic N) is 4. The van der Waals surface area contributed by atoms with E-state index in [9.17, 15) is 14.7 Å². The first-order valence-electron chi connectivity index (χ1n) is 14.0. The molecule has 1 saturated carbocycles. The highest BCUT2D eigenvalue weighted by atomic mass is 32.1. The first kappa shape index (κ1) is 29.4. The SMILES string of the molecule is CCNC(=O)Nc1nc2cc(-c3cnc(CCC4CCC(CC)(C(=O)O)CC4)nc3)cc(/C(CC)=N\OC)c2s1. The summed E-state index contributed by atoms with van der Waals surface area (Å²) in [4.78, 5) is 42.9. The highest BCUT2D eigenvalue weighted by molar-refractivity contribution is 7.22. The van der Waals surface area contributed by atoms with Crippen LogP contribution in [0.1, 0.15) is 77.1 Å². The first-order valence-corrected chi connectivity index (χ1v) is 14.8. The molecule has 0 aliphatic heterocycles. The van der Waals surface area contributed by atoms with E-state index in [-0.39, 0.29) is 6.03 Å². The molecule has 4 rings (SSSR count). The van der Waals surface area contributed by atoms with Gasteiger partial charge in [-0.3, -0.25) is 10.1 Å². The fraction of sp³-hybridized carbons (Fsp3) is 0.517. The number of carbonyl (C=O) groups excluding carboxylic acids is 1. The molecule has 0 saturated heterocycles. The number of urea groups is 1. The smallest absolute Gasteiger partial charge is 0.321 e. The number of aliphatic carboxylic acids is 1. The van der Waals surface area contributed by atoms with Crippen molar-refractivity contribution >= 4 is 44.4 Å². The lowest BCUT2D eigenvalue weighted by atomic mass is 9.68. The summed E-state index contributed by atoms with van der Waals surface area (Å²) < 4.78 is 0.910. The molecule has 2 aromatic heterocycles. The number of carboxylic acids is 1. The largest absolute Gasteiger partial charge is 0.481 e. The minimum absolute atomic E-state index is 0.298. The zero-order chi connectivity index (χ0) is 28.7. The molecule has 1 aliphatic carbocycles. The van der Waals surface area contributed by atoms with Crippen molar-refractivity contribution < 1.29 is 19.5 Å². The Bertz CT molecular complexity index is 1360. The molecule has 40 heavy (non-hydrogen) atoms. The number of hydrogen-bond acceptors (Lipinski definition) is 8. The molecule has 10 nitrogen and oxygen atoms in total. The number of aromatic nitrogens is 3. The zero-order valence-electron chi connectivity index (χ0n) is 23.6. The van der Waals surface area contributed by atoms with Crippen molar-refractivity contribution in [1.29, 1.82) is 0 Å². The fourth-order valence-electron chi connectivity index (χ4n) is 5.39. The van der Waals surface area contributed by atoms with Gasteiger partial charge in [0.2, 0.25) is 0 Å². The normalized spacial score (nSPS) is 19.4. The Labute approximate surface area is 238 Å². The van der Waals surface area contributed by atoms with E-state index < -0.39 is 11.4 Å². The van der Waals surface area contributed by atoms with E-state index in [1.807, 2.05) is 45.3 Å². The number of thiazole rings is 1. The summed E-state index contributed by atoms with van der Waals surface area (Å²) in [5, 5.41) is 19.9. The van der Waals surface area contributed by atoms with Gasteiger partial charge in [0.05, 0.1) is 21.3 Å². The van der Waals surface area contributed by atoms with E-state index in [0.29, 0.717) is 30.4 Å². The van der Waals surface area contributed by atoms with Gasteiger partial charge in [-0.25, -0.2) is 19.7 Å². The molecule has 3 aromatic rings. The predicted molar refractivity (Wildman–Crippen MR) is 158 cm³/mol. The molecular formula is C29H38N6O4S. The zero-order valence-corrected chi connectivity index (χ0v) is 24.4. The predicted octanol–water partition coefficient (Wildman–Crippen LogP) is 6.26. The quantitative estimate of drug-likeness (QED) is 0.184. The average Bonchev–Trinajstić information content (AvgIpc) is 3.37. The molecule has 1 aromatic carbocycles. The fourth-order valence-corrected chi connectivity index (χ4v) is 6.36. The van der Waals surface area contributed by atoms with Gasteiger partial charge in [0.15, 0.2) is 5.13 Å². The summed E-state index contributed by atoms with van der Waals surface area (Å²) in [6.45, 7) is 6.37. The molecule has 2 amide bonds. The van der Waals surface area contributed by atoms with Gasteiger partial charge >= 0.3 is 12.0 Å². The van der Waals surface area contributed by atoms with Crippen LogP contribution in [0, 0.1) is 11.3 Å². The second kappa shape index (κ2) is 13.2. The van der Waals surface area contributed by atoms with Crippen LogP contribution in [0.15, 0.2) is 29.7 Å². The van der Waals surface area contributed by atoms with Crippen molar-refractivity contribution in [3.8, 4) is 11.1 Å². The molecule has 1 aliphatic rings. The number of fused-ring (bicyclic) bond motifs is 1. The third kappa shape index (κ3) is 6.57. The number of anilines is 1. The van der Waals surface area contributed by atoms with Crippen LogP contribution in [0.25, 0.3) is 21.3 Å². The highest BCUT2D eigenvalue weighted by Crippen LogP contribution is 2.43. The summed E-state index contributed by atoms with van der Waals surface area (Å²) >= 11 is 1.39. The molecule has 1 fully saturated rings. The Balaban J connectivity index is 1.52. The molecule has 0 spiro atoms. The van der Waals surface area contributed by atoms with Crippen molar-refractivity contribution in [2.75, 3.05) is 19.0 Å². The Kier molecular flexibility index (Phi) is 9.67. The minimum atomic E-state index is -0.652. The summed E-state index contributed by atoms with van der Waals surface area (Å²) in [6.07, 6.45) is 10.1. The molecule has 0 unspecified atom stereocenters. The van der Waals surface area contributed by atoms with E-state index in [2.05, 4.69) is 30.7 Å². The maximum absolute atomic E-state index is 12.1. The first-order chi connectivity index (χ1) is 19.3. The van der Waals surface area contributed by atoms with E-state index in [1.165, 1.54) is 18.4 Å². The summed E-state index contributed by atoms with van der Waals surface area (Å²) in [6, 6.07) is 3.72. The maximum Gasteiger partial charge on any atom is 0.321 e. The van der Waals surface area contributed by atoms with Gasteiger partial charge in [-0.05, 0) is 75.5 Å². The third-order valence-corrected chi connectivity index (χ3v) is 8.92. The third-order valence-electron chi connectivity index (χ3n) is 7.90. The molecular weight excluding hydrogens is 528 g/mol. The number of nitrogens with one attached hydrogen (secondary N) is 2. The number of benzene rings is 1. The summed E-state index contributed by atoms with van der Waals surface area (Å²) in [5.74, 6) is 0.639. The molecule has 0 bridgehead atoms. The summed E-state index contributed by atoms with van der Waals surface area (Å²) in [5.41, 5.74) is 3.63. The number of aryl methyl sites for hydroxylation is 1.